The number of nitrogens with two attached hydrogens (primary N) is 1. The second kappa shape index (κ2) is 3.12. The number of nitrogen functional groups attached to an aromatic ring is 1. The molecule has 0 radical (unpaired) electrons. The molecule has 2 aromatic heterocycles. The minimum Gasteiger partial charge on any atom is -0.375 e. The fourth-order valence-electron chi connectivity index (χ4n) is 0.775. The molecule has 0 bridgehead atoms. The highest BCUT2D eigenvalue weighted by Gasteiger charge is 2.05. The van der Waals surface area contributed by atoms with Crippen LogP contribution in [0.15, 0.2) is 14.7 Å². The Morgan fingerprint density at radius 1 is 1.17 bits per heavy atom. The number of hydrogen-bond donors (Lipinski definition) is 1. The van der Waals surface area contributed by atoms with Crippen LogP contribution in [0.2, 0.25) is 0 Å². The van der Waals surface area contributed by atoms with Gasteiger partial charge in [0, 0.05) is 10.8 Å². The summed E-state index contributed by atoms with van der Waals surface area (Å²) in [7, 11) is 0. The first-order valence-electron chi connectivity index (χ1n) is 3.08. The Morgan fingerprint density at radius 2 is 1.83 bits per heavy atom. The van der Waals surface area contributed by atoms with Crippen molar-refractivity contribution in [2.24, 2.45) is 0 Å². The molecular formula is C6H4BrN3S2. The maximum atomic E-state index is 5.49. The summed E-state index contributed by atoms with van der Waals surface area (Å²) in [5, 5.41) is 4.42. The van der Waals surface area contributed by atoms with Crippen LogP contribution < -0.4 is 5.73 Å². The van der Waals surface area contributed by atoms with Gasteiger partial charge in [-0.3, -0.25) is 0 Å². The number of nitrogens with zero attached hydrogens (tertiary/aromatic N) is 2. The van der Waals surface area contributed by atoms with Gasteiger partial charge in [0.1, 0.15) is 11.4 Å². The van der Waals surface area contributed by atoms with E-state index >= 15 is 0 Å². The molecule has 0 amide bonds. The van der Waals surface area contributed by atoms with Gasteiger partial charge < -0.3 is 5.73 Å². The monoisotopic (exact) mass is 261 g/mol. The van der Waals surface area contributed by atoms with E-state index in [2.05, 4.69) is 25.9 Å². The summed E-state index contributed by atoms with van der Waals surface area (Å²) in [6.45, 7) is 0. The van der Waals surface area contributed by atoms with Crippen LogP contribution >= 0.6 is 38.6 Å². The molecule has 0 atom stereocenters. The fourth-order valence-corrected chi connectivity index (χ4v) is 2.34. The van der Waals surface area contributed by atoms with Crippen LogP contribution in [0.25, 0.3) is 11.4 Å². The third-order valence-corrected chi connectivity index (χ3v) is 3.30. The van der Waals surface area contributed by atoms with Gasteiger partial charge in [0.05, 0.1) is 0 Å². The van der Waals surface area contributed by atoms with Crippen LogP contribution in [0.4, 0.5) is 5.13 Å². The smallest absolute Gasteiger partial charge is 0.180 e. The van der Waals surface area contributed by atoms with Crippen LogP contribution in [0.5, 0.6) is 0 Å². The van der Waals surface area contributed by atoms with Crippen molar-refractivity contribution in [3.63, 3.8) is 0 Å². The molecule has 0 saturated heterocycles. The lowest BCUT2D eigenvalue weighted by molar-refractivity contribution is 1.31. The van der Waals surface area contributed by atoms with Gasteiger partial charge in [0.15, 0.2) is 9.05 Å². The van der Waals surface area contributed by atoms with Gasteiger partial charge in [-0.15, -0.1) is 22.7 Å². The number of aromatic nitrogens is 2. The third kappa shape index (κ3) is 1.50. The third-order valence-electron chi connectivity index (χ3n) is 1.26. The highest BCUT2D eigenvalue weighted by Crippen LogP contribution is 2.26. The van der Waals surface area contributed by atoms with E-state index in [1.54, 1.807) is 0 Å². The lowest BCUT2D eigenvalue weighted by atomic mass is 10.4. The molecule has 0 unspecified atom stereocenters. The number of thiazole rings is 2. The number of rotatable bonds is 1. The maximum absolute atomic E-state index is 5.49. The Kier molecular flexibility index (Phi) is 2.12. The average Bonchev–Trinajstić information content (AvgIpc) is 2.58. The zero-order valence-corrected chi connectivity index (χ0v) is 9.04. The molecule has 2 rings (SSSR count). The van der Waals surface area contributed by atoms with E-state index in [0.717, 1.165) is 15.3 Å². The molecule has 0 aliphatic rings. The van der Waals surface area contributed by atoms with Gasteiger partial charge in [0.2, 0.25) is 0 Å². The van der Waals surface area contributed by atoms with Crippen LogP contribution in [0.1, 0.15) is 0 Å². The Morgan fingerprint density at radius 3 is 2.33 bits per heavy atom. The zero-order chi connectivity index (χ0) is 8.55. The molecule has 2 aromatic rings. The molecule has 0 aliphatic heterocycles. The Bertz CT molecular complexity index is 357. The normalized spacial score (nSPS) is 10.4. The molecule has 0 fully saturated rings. The lowest BCUT2D eigenvalue weighted by Gasteiger charge is -1.84. The van der Waals surface area contributed by atoms with Crippen molar-refractivity contribution in [2.75, 3.05) is 5.73 Å². The van der Waals surface area contributed by atoms with Crippen LogP contribution in [-0.4, -0.2) is 9.97 Å². The van der Waals surface area contributed by atoms with E-state index in [-0.39, 0.29) is 0 Å². The van der Waals surface area contributed by atoms with Crippen LogP contribution in [0, 0.1) is 0 Å². The Balaban J connectivity index is 2.43. The number of anilines is 1. The summed E-state index contributed by atoms with van der Waals surface area (Å²) in [4.78, 5) is 8.33. The van der Waals surface area contributed by atoms with Gasteiger partial charge in [0.25, 0.3) is 0 Å². The van der Waals surface area contributed by atoms with E-state index < -0.39 is 0 Å². The second-order valence-corrected chi connectivity index (χ2v) is 5.08. The van der Waals surface area contributed by atoms with E-state index in [1.165, 1.54) is 22.7 Å². The summed E-state index contributed by atoms with van der Waals surface area (Å²) in [5.74, 6) is 0. The number of hydrogen-bond acceptors (Lipinski definition) is 5. The van der Waals surface area contributed by atoms with E-state index in [4.69, 9.17) is 5.73 Å². The van der Waals surface area contributed by atoms with Crippen LogP contribution in [0.3, 0.4) is 0 Å². The molecule has 3 nitrogen and oxygen atoms in total. The SMILES string of the molecule is Nc1nc(-c2csc(Br)n2)cs1. The lowest BCUT2D eigenvalue weighted by Crippen LogP contribution is -1.82. The van der Waals surface area contributed by atoms with Gasteiger partial charge in [-0.05, 0) is 15.9 Å². The quantitative estimate of drug-likeness (QED) is 0.859. The second-order valence-electron chi connectivity index (χ2n) is 2.06. The zero-order valence-electron chi connectivity index (χ0n) is 5.82. The van der Waals surface area contributed by atoms with Crippen molar-refractivity contribution in [2.45, 2.75) is 0 Å². The summed E-state index contributed by atoms with van der Waals surface area (Å²) >= 11 is 6.25. The minimum atomic E-state index is 0.578. The van der Waals surface area contributed by atoms with Crippen LogP contribution in [-0.2, 0) is 0 Å². The summed E-state index contributed by atoms with van der Waals surface area (Å²) < 4.78 is 0.865. The average molecular weight is 262 g/mol. The minimum absolute atomic E-state index is 0.578. The van der Waals surface area contributed by atoms with Crippen molar-refractivity contribution in [3.8, 4) is 11.4 Å². The topological polar surface area (TPSA) is 51.8 Å². The van der Waals surface area contributed by atoms with Crippen molar-refractivity contribution < 1.29 is 0 Å². The fraction of sp³-hybridized carbons (Fsp3) is 0. The molecule has 0 spiro atoms. The van der Waals surface area contributed by atoms with E-state index in [9.17, 15) is 0 Å². The summed E-state index contributed by atoms with van der Waals surface area (Å²) in [6, 6.07) is 0. The highest BCUT2D eigenvalue weighted by molar-refractivity contribution is 9.11. The van der Waals surface area contributed by atoms with Crippen molar-refractivity contribution in [1.29, 1.82) is 0 Å². The Hall–Kier alpha value is -0.460. The van der Waals surface area contributed by atoms with Crippen molar-refractivity contribution in [1.82, 2.24) is 9.97 Å². The predicted octanol–water partition coefficient (Wildman–Crippen LogP) is 2.61. The van der Waals surface area contributed by atoms with Gasteiger partial charge >= 0.3 is 0 Å². The van der Waals surface area contributed by atoms with E-state index in [1.807, 2.05) is 10.8 Å². The first-order valence-corrected chi connectivity index (χ1v) is 5.63. The molecule has 12 heavy (non-hydrogen) atoms. The maximum Gasteiger partial charge on any atom is 0.180 e. The molecule has 2 N–H and O–H groups in total. The summed E-state index contributed by atoms with van der Waals surface area (Å²) in [5.41, 5.74) is 7.22. The van der Waals surface area contributed by atoms with Crippen molar-refractivity contribution in [3.05, 3.63) is 14.7 Å². The molecular weight excluding hydrogens is 258 g/mol. The largest absolute Gasteiger partial charge is 0.375 e. The summed E-state index contributed by atoms with van der Waals surface area (Å²) in [6.07, 6.45) is 0. The molecule has 0 saturated carbocycles. The molecule has 6 heteroatoms. The predicted molar refractivity (Wildman–Crippen MR) is 55.3 cm³/mol. The molecule has 0 aromatic carbocycles. The first-order chi connectivity index (χ1) is 5.75. The van der Waals surface area contributed by atoms with Gasteiger partial charge in [-0.2, -0.15) is 0 Å². The van der Waals surface area contributed by atoms with Gasteiger partial charge in [-0.1, -0.05) is 0 Å². The van der Waals surface area contributed by atoms with E-state index in [0.29, 0.717) is 5.13 Å². The van der Waals surface area contributed by atoms with Gasteiger partial charge in [-0.25, -0.2) is 9.97 Å². The first kappa shape index (κ1) is 8.15. The van der Waals surface area contributed by atoms with Crippen molar-refractivity contribution >= 4 is 43.7 Å². The Labute approximate surface area is 85.4 Å². The molecule has 62 valence electrons. The number of halogens is 1. The molecule has 0 aliphatic carbocycles. The highest BCUT2D eigenvalue weighted by atomic mass is 79.9. The molecule has 2 heterocycles. The standard InChI is InChI=1S/C6H4BrN3S2/c7-5-9-3(1-11-5)4-2-12-6(8)10-4/h1-2H,(H2,8,10).